The van der Waals surface area contributed by atoms with Crippen molar-refractivity contribution in [2.24, 2.45) is 5.90 Å². The fourth-order valence-electron chi connectivity index (χ4n) is 0.708. The van der Waals surface area contributed by atoms with Crippen molar-refractivity contribution in [3.63, 3.8) is 0 Å². The molecule has 0 bridgehead atoms. The maximum Gasteiger partial charge on any atom is 0.255 e. The number of nitrogens with zero attached hydrogens (tertiary/aromatic N) is 2. The molecule has 1 rings (SSSR count). The number of hydrogen-bond donors (Lipinski definition) is 1. The van der Waals surface area contributed by atoms with Gasteiger partial charge in [0.15, 0.2) is 0 Å². The minimum Gasteiger partial charge on any atom is -0.390 e. The van der Waals surface area contributed by atoms with Gasteiger partial charge in [0.1, 0.15) is 11.6 Å². The lowest BCUT2D eigenvalue weighted by atomic mass is 10.2. The van der Waals surface area contributed by atoms with Crippen LogP contribution in [0, 0.1) is 18.3 Å². The molecule has 0 aliphatic rings. The van der Waals surface area contributed by atoms with Gasteiger partial charge in [-0.1, -0.05) is 0 Å². The van der Waals surface area contributed by atoms with E-state index in [9.17, 15) is 0 Å². The average molecular weight is 149 g/mol. The van der Waals surface area contributed by atoms with E-state index in [4.69, 9.17) is 11.2 Å². The fraction of sp³-hybridized carbons (Fsp3) is 0.143. The third kappa shape index (κ3) is 1.45. The standard InChI is InChI=1S/C7H7N3O/c1-5-2-3-6(4-8)7(10-5)11-9/h2-3H,9H2,1H3. The van der Waals surface area contributed by atoms with Crippen molar-refractivity contribution >= 4 is 0 Å². The van der Waals surface area contributed by atoms with Crippen LogP contribution in [0.25, 0.3) is 0 Å². The van der Waals surface area contributed by atoms with Gasteiger partial charge in [0.2, 0.25) is 0 Å². The number of aromatic nitrogens is 1. The first-order valence-electron chi connectivity index (χ1n) is 3.02. The predicted molar refractivity (Wildman–Crippen MR) is 38.5 cm³/mol. The highest BCUT2D eigenvalue weighted by molar-refractivity contribution is 5.38. The van der Waals surface area contributed by atoms with Crippen LogP contribution in [0.3, 0.4) is 0 Å². The van der Waals surface area contributed by atoms with Gasteiger partial charge in [-0.05, 0) is 19.1 Å². The van der Waals surface area contributed by atoms with E-state index in [2.05, 4.69) is 9.82 Å². The minimum absolute atomic E-state index is 0.174. The molecule has 0 spiro atoms. The van der Waals surface area contributed by atoms with Gasteiger partial charge in [-0.15, -0.1) is 0 Å². The van der Waals surface area contributed by atoms with E-state index in [-0.39, 0.29) is 5.88 Å². The molecule has 4 nitrogen and oxygen atoms in total. The Kier molecular flexibility index (Phi) is 2.04. The summed E-state index contributed by atoms with van der Waals surface area (Å²) in [6.45, 7) is 1.80. The number of hydrogen-bond acceptors (Lipinski definition) is 4. The summed E-state index contributed by atoms with van der Waals surface area (Å²) in [5, 5.41) is 8.51. The number of pyridine rings is 1. The highest BCUT2D eigenvalue weighted by atomic mass is 16.6. The molecule has 1 aromatic rings. The minimum atomic E-state index is 0.174. The van der Waals surface area contributed by atoms with Crippen LogP contribution in [-0.2, 0) is 0 Å². The molecular formula is C7H7N3O. The number of nitrogens with two attached hydrogens (primary N) is 1. The summed E-state index contributed by atoms with van der Waals surface area (Å²) in [6.07, 6.45) is 0. The van der Waals surface area contributed by atoms with Crippen molar-refractivity contribution < 1.29 is 4.84 Å². The van der Waals surface area contributed by atoms with Crippen LogP contribution in [0.4, 0.5) is 0 Å². The smallest absolute Gasteiger partial charge is 0.255 e. The van der Waals surface area contributed by atoms with E-state index < -0.39 is 0 Å². The molecule has 0 fully saturated rings. The Morgan fingerprint density at radius 3 is 2.91 bits per heavy atom. The van der Waals surface area contributed by atoms with Crippen LogP contribution < -0.4 is 10.7 Å². The van der Waals surface area contributed by atoms with Crippen LogP contribution in [0.15, 0.2) is 12.1 Å². The summed E-state index contributed by atoms with van der Waals surface area (Å²) >= 11 is 0. The van der Waals surface area contributed by atoms with Crippen molar-refractivity contribution in [3.05, 3.63) is 23.4 Å². The second-order valence-electron chi connectivity index (χ2n) is 2.04. The van der Waals surface area contributed by atoms with E-state index in [0.29, 0.717) is 5.56 Å². The van der Waals surface area contributed by atoms with Crippen LogP contribution in [0.1, 0.15) is 11.3 Å². The summed E-state index contributed by atoms with van der Waals surface area (Å²) in [7, 11) is 0. The van der Waals surface area contributed by atoms with Crippen molar-refractivity contribution in [1.82, 2.24) is 4.98 Å². The maximum atomic E-state index is 8.51. The Morgan fingerprint density at radius 1 is 1.64 bits per heavy atom. The summed E-state index contributed by atoms with van der Waals surface area (Å²) in [5.74, 6) is 5.06. The van der Waals surface area contributed by atoms with Gasteiger partial charge in [0.25, 0.3) is 5.88 Å². The first-order chi connectivity index (χ1) is 5.27. The van der Waals surface area contributed by atoms with Crippen molar-refractivity contribution in [2.45, 2.75) is 6.92 Å². The van der Waals surface area contributed by atoms with E-state index in [1.807, 2.05) is 6.07 Å². The van der Waals surface area contributed by atoms with E-state index >= 15 is 0 Å². The van der Waals surface area contributed by atoms with Crippen LogP contribution in [-0.4, -0.2) is 4.98 Å². The zero-order valence-corrected chi connectivity index (χ0v) is 6.03. The Morgan fingerprint density at radius 2 is 2.36 bits per heavy atom. The number of nitriles is 1. The third-order valence-electron chi connectivity index (χ3n) is 1.23. The van der Waals surface area contributed by atoms with E-state index in [1.54, 1.807) is 19.1 Å². The lowest BCUT2D eigenvalue weighted by Gasteiger charge is -1.99. The van der Waals surface area contributed by atoms with Crippen molar-refractivity contribution in [2.75, 3.05) is 0 Å². The molecule has 0 saturated carbocycles. The highest BCUT2D eigenvalue weighted by Gasteiger charge is 2.02. The van der Waals surface area contributed by atoms with Gasteiger partial charge < -0.3 is 4.84 Å². The Labute approximate surface area is 64.2 Å². The molecule has 1 aromatic heterocycles. The predicted octanol–water partition coefficient (Wildman–Crippen LogP) is 0.514. The topological polar surface area (TPSA) is 71.9 Å². The molecule has 0 atom stereocenters. The van der Waals surface area contributed by atoms with Crippen molar-refractivity contribution in [1.29, 1.82) is 5.26 Å². The largest absolute Gasteiger partial charge is 0.390 e. The molecule has 0 aliphatic carbocycles. The number of rotatable bonds is 1. The Bertz CT molecular complexity index is 303. The quantitative estimate of drug-likeness (QED) is 0.590. The van der Waals surface area contributed by atoms with Crippen molar-refractivity contribution in [3.8, 4) is 11.9 Å². The molecule has 1 heterocycles. The second-order valence-corrected chi connectivity index (χ2v) is 2.04. The Balaban J connectivity index is 3.19. The molecule has 11 heavy (non-hydrogen) atoms. The zero-order chi connectivity index (χ0) is 8.27. The van der Waals surface area contributed by atoms with Gasteiger partial charge in [0, 0.05) is 5.69 Å². The third-order valence-corrected chi connectivity index (χ3v) is 1.23. The average Bonchev–Trinajstić information content (AvgIpc) is 2.04. The van der Waals surface area contributed by atoms with E-state index in [1.165, 1.54) is 0 Å². The molecule has 0 unspecified atom stereocenters. The summed E-state index contributed by atoms with van der Waals surface area (Å²) in [6, 6.07) is 5.25. The summed E-state index contributed by atoms with van der Waals surface area (Å²) in [5.41, 5.74) is 1.11. The first kappa shape index (κ1) is 7.51. The molecule has 0 aromatic carbocycles. The monoisotopic (exact) mass is 149 g/mol. The summed E-state index contributed by atoms with van der Waals surface area (Å²) in [4.78, 5) is 8.28. The normalized spacial score (nSPS) is 8.82. The second kappa shape index (κ2) is 2.99. The molecule has 2 N–H and O–H groups in total. The van der Waals surface area contributed by atoms with Gasteiger partial charge in [-0.25, -0.2) is 4.98 Å². The van der Waals surface area contributed by atoms with Crippen LogP contribution in [0.2, 0.25) is 0 Å². The van der Waals surface area contributed by atoms with Crippen LogP contribution in [0.5, 0.6) is 5.88 Å². The Hall–Kier alpha value is -1.60. The molecular weight excluding hydrogens is 142 g/mol. The molecule has 4 heteroatoms. The fourth-order valence-corrected chi connectivity index (χ4v) is 0.708. The van der Waals surface area contributed by atoms with Crippen LogP contribution >= 0.6 is 0 Å². The number of aryl methyl sites for hydroxylation is 1. The first-order valence-corrected chi connectivity index (χ1v) is 3.02. The van der Waals surface area contributed by atoms with Gasteiger partial charge >= 0.3 is 0 Å². The van der Waals surface area contributed by atoms with Gasteiger partial charge in [0.05, 0.1) is 0 Å². The lowest BCUT2D eigenvalue weighted by molar-refractivity contribution is 0.319. The lowest BCUT2D eigenvalue weighted by Crippen LogP contribution is -2.06. The van der Waals surface area contributed by atoms with Gasteiger partial charge in [-0.2, -0.15) is 11.2 Å². The van der Waals surface area contributed by atoms with Gasteiger partial charge in [-0.3, -0.25) is 0 Å². The molecule has 56 valence electrons. The molecule has 0 radical (unpaired) electrons. The summed E-state index contributed by atoms with van der Waals surface area (Å²) < 4.78 is 0. The highest BCUT2D eigenvalue weighted by Crippen LogP contribution is 2.12. The van der Waals surface area contributed by atoms with E-state index in [0.717, 1.165) is 5.69 Å². The molecule has 0 aliphatic heterocycles. The SMILES string of the molecule is Cc1ccc(C#N)c(ON)n1. The molecule has 0 amide bonds. The maximum absolute atomic E-state index is 8.51. The zero-order valence-electron chi connectivity index (χ0n) is 6.03. The molecule has 0 saturated heterocycles.